The van der Waals surface area contributed by atoms with E-state index in [2.05, 4.69) is 5.16 Å². The average Bonchev–Trinajstić information content (AvgIpc) is 3.11. The Morgan fingerprint density at radius 3 is 2.56 bits per heavy atom. The van der Waals surface area contributed by atoms with Gasteiger partial charge in [-0.25, -0.2) is 9.18 Å². The number of nitrogens with zero attached hydrogens (tertiary/aromatic N) is 2. The summed E-state index contributed by atoms with van der Waals surface area (Å²) >= 11 is 6.01. The lowest BCUT2D eigenvalue weighted by molar-refractivity contribution is -0.159. The molecule has 0 amide bonds. The number of carbonyl (C=O) groups excluding carboxylic acids is 1. The number of aromatic nitrogens is 2. The van der Waals surface area contributed by atoms with Crippen LogP contribution in [0.2, 0.25) is 5.02 Å². The lowest BCUT2D eigenvalue weighted by Crippen LogP contribution is -2.36. The van der Waals surface area contributed by atoms with E-state index in [0.29, 0.717) is 16.5 Å². The number of esters is 1. The summed E-state index contributed by atoms with van der Waals surface area (Å²) in [4.78, 5) is 26.1. The Morgan fingerprint density at radius 2 is 1.97 bits per heavy atom. The fraction of sp³-hybridized carbons (Fsp3) is 0.348. The van der Waals surface area contributed by atoms with Gasteiger partial charge in [0.2, 0.25) is 0 Å². The molecule has 1 atom stereocenters. The zero-order valence-electron chi connectivity index (χ0n) is 18.4. The molecule has 0 saturated heterocycles. The third-order valence-electron chi connectivity index (χ3n) is 4.57. The molecule has 0 aliphatic heterocycles. The summed E-state index contributed by atoms with van der Waals surface area (Å²) in [7, 11) is 1.39. The zero-order chi connectivity index (χ0) is 23.6. The van der Waals surface area contributed by atoms with Gasteiger partial charge in [-0.2, -0.15) is 0 Å². The fourth-order valence-corrected chi connectivity index (χ4v) is 3.39. The van der Waals surface area contributed by atoms with Crippen molar-refractivity contribution in [3.63, 3.8) is 0 Å². The van der Waals surface area contributed by atoms with Crippen molar-refractivity contribution >= 4 is 17.6 Å². The monoisotopic (exact) mass is 462 g/mol. The number of ether oxygens (including phenoxy) is 2. The molecular formula is C23H24ClFN2O5. The molecule has 0 radical (unpaired) electrons. The minimum Gasteiger partial charge on any atom is -0.495 e. The van der Waals surface area contributed by atoms with E-state index in [9.17, 15) is 14.0 Å². The number of pyridine rings is 1. The minimum atomic E-state index is -1.05. The molecule has 9 heteroatoms. The molecule has 2 heterocycles. The maximum atomic E-state index is 14.4. The number of benzene rings is 1. The summed E-state index contributed by atoms with van der Waals surface area (Å²) in [6.45, 7) is 6.94. The van der Waals surface area contributed by atoms with Crippen LogP contribution in [0.15, 0.2) is 45.8 Å². The molecular weight excluding hydrogens is 439 g/mol. The number of methoxy groups -OCH3 is 1. The second kappa shape index (κ2) is 9.16. The quantitative estimate of drug-likeness (QED) is 0.492. The second-order valence-corrected chi connectivity index (χ2v) is 8.75. The number of rotatable bonds is 6. The number of aryl methyl sites for hydroxylation is 1. The topological polar surface area (TPSA) is 83.6 Å². The third kappa shape index (κ3) is 5.37. The van der Waals surface area contributed by atoms with Crippen molar-refractivity contribution in [2.24, 2.45) is 0 Å². The van der Waals surface area contributed by atoms with Crippen molar-refractivity contribution in [2.75, 3.05) is 7.11 Å². The highest BCUT2D eigenvalue weighted by Gasteiger charge is 2.30. The maximum absolute atomic E-state index is 14.4. The minimum absolute atomic E-state index is 0.0314. The van der Waals surface area contributed by atoms with E-state index in [1.165, 1.54) is 42.1 Å². The van der Waals surface area contributed by atoms with Crippen LogP contribution in [-0.4, -0.2) is 28.4 Å². The predicted molar refractivity (Wildman–Crippen MR) is 117 cm³/mol. The van der Waals surface area contributed by atoms with Gasteiger partial charge in [0.1, 0.15) is 29.0 Å². The average molecular weight is 463 g/mol. The van der Waals surface area contributed by atoms with Crippen LogP contribution in [0.4, 0.5) is 4.39 Å². The summed E-state index contributed by atoms with van der Waals surface area (Å²) < 4.78 is 31.8. The van der Waals surface area contributed by atoms with Crippen molar-refractivity contribution in [1.29, 1.82) is 0 Å². The fourth-order valence-electron chi connectivity index (χ4n) is 3.22. The summed E-state index contributed by atoms with van der Waals surface area (Å²) in [6.07, 6.45) is 1.39. The van der Waals surface area contributed by atoms with Gasteiger partial charge in [0.15, 0.2) is 0 Å². The zero-order valence-corrected chi connectivity index (χ0v) is 19.2. The van der Waals surface area contributed by atoms with Crippen molar-refractivity contribution in [3.05, 3.63) is 69.2 Å². The van der Waals surface area contributed by atoms with E-state index in [-0.39, 0.29) is 23.3 Å². The molecule has 0 aliphatic carbocycles. The van der Waals surface area contributed by atoms with E-state index < -0.39 is 29.0 Å². The van der Waals surface area contributed by atoms with E-state index in [0.717, 1.165) is 0 Å². The summed E-state index contributed by atoms with van der Waals surface area (Å²) in [6, 6.07) is 5.85. The molecule has 0 N–H and O–H groups in total. The summed E-state index contributed by atoms with van der Waals surface area (Å²) in [5.41, 5.74) is -0.359. The van der Waals surface area contributed by atoms with Crippen molar-refractivity contribution in [2.45, 2.75) is 45.8 Å². The van der Waals surface area contributed by atoms with E-state index in [1.807, 2.05) is 0 Å². The SMILES string of the molecule is COc1cn(C(Cc2cc(C)no2)C(=O)OC(C)(C)C)c(=O)cc1-c1cc(Cl)ccc1F. The number of hydrogen-bond acceptors (Lipinski definition) is 6. The highest BCUT2D eigenvalue weighted by Crippen LogP contribution is 2.33. The molecule has 3 aromatic rings. The second-order valence-electron chi connectivity index (χ2n) is 8.31. The van der Waals surface area contributed by atoms with Gasteiger partial charge in [-0.1, -0.05) is 16.8 Å². The van der Waals surface area contributed by atoms with Crippen LogP contribution in [-0.2, 0) is 16.0 Å². The normalized spacial score (nSPS) is 12.5. The van der Waals surface area contributed by atoms with Gasteiger partial charge in [-0.05, 0) is 45.9 Å². The van der Waals surface area contributed by atoms with Gasteiger partial charge in [0.25, 0.3) is 5.56 Å². The first-order valence-electron chi connectivity index (χ1n) is 9.89. The van der Waals surface area contributed by atoms with Gasteiger partial charge in [-0.3, -0.25) is 9.36 Å². The standard InChI is InChI=1S/C23H24ClFN2O5/c1-13-8-15(32-26-13)10-19(22(29)31-23(2,3)4)27-12-20(30-5)17(11-21(27)28)16-9-14(24)6-7-18(16)25/h6-9,11-12,19H,10H2,1-5H3. The molecule has 170 valence electrons. The molecule has 0 aliphatic rings. The molecule has 3 rings (SSSR count). The van der Waals surface area contributed by atoms with E-state index >= 15 is 0 Å². The van der Waals surface area contributed by atoms with Crippen molar-refractivity contribution in [3.8, 4) is 16.9 Å². The lowest BCUT2D eigenvalue weighted by atomic mass is 10.0. The summed E-state index contributed by atoms with van der Waals surface area (Å²) in [5.74, 6) is -0.592. The largest absolute Gasteiger partial charge is 0.495 e. The van der Waals surface area contributed by atoms with E-state index in [4.69, 9.17) is 25.6 Å². The summed E-state index contributed by atoms with van der Waals surface area (Å²) in [5, 5.41) is 4.14. The number of hydrogen-bond donors (Lipinski definition) is 0. The van der Waals surface area contributed by atoms with Gasteiger partial charge >= 0.3 is 5.97 Å². The smallest absolute Gasteiger partial charge is 0.330 e. The van der Waals surface area contributed by atoms with Crippen LogP contribution >= 0.6 is 11.6 Å². The first-order valence-corrected chi connectivity index (χ1v) is 10.3. The van der Waals surface area contributed by atoms with Crippen LogP contribution in [0.5, 0.6) is 5.75 Å². The predicted octanol–water partition coefficient (Wildman–Crippen LogP) is 4.74. The molecule has 0 spiro atoms. The molecule has 1 aromatic carbocycles. The third-order valence-corrected chi connectivity index (χ3v) is 4.80. The maximum Gasteiger partial charge on any atom is 0.330 e. The molecule has 1 unspecified atom stereocenters. The Bertz CT molecular complexity index is 1200. The van der Waals surface area contributed by atoms with Gasteiger partial charge < -0.3 is 14.0 Å². The Morgan fingerprint density at radius 1 is 1.25 bits per heavy atom. The Hall–Kier alpha value is -3.13. The number of halogens is 2. The molecule has 0 saturated carbocycles. The van der Waals surface area contributed by atoms with Crippen molar-refractivity contribution in [1.82, 2.24) is 9.72 Å². The number of carbonyl (C=O) groups is 1. The molecule has 2 aromatic heterocycles. The highest BCUT2D eigenvalue weighted by atomic mass is 35.5. The molecule has 32 heavy (non-hydrogen) atoms. The van der Waals surface area contributed by atoms with Crippen LogP contribution in [0.3, 0.4) is 0 Å². The van der Waals surface area contributed by atoms with Gasteiger partial charge in [-0.15, -0.1) is 0 Å². The Labute approximate surface area is 189 Å². The first kappa shape index (κ1) is 23.5. The van der Waals surface area contributed by atoms with E-state index in [1.54, 1.807) is 33.8 Å². The van der Waals surface area contributed by atoms with Crippen molar-refractivity contribution < 1.29 is 23.2 Å². The highest BCUT2D eigenvalue weighted by molar-refractivity contribution is 6.30. The Kier molecular flexibility index (Phi) is 6.74. The van der Waals surface area contributed by atoms with Crippen LogP contribution in [0.1, 0.15) is 38.3 Å². The van der Waals surface area contributed by atoms with Crippen LogP contribution < -0.4 is 10.3 Å². The van der Waals surface area contributed by atoms with Gasteiger partial charge in [0.05, 0.1) is 19.0 Å². The molecule has 0 fully saturated rings. The molecule has 7 nitrogen and oxygen atoms in total. The van der Waals surface area contributed by atoms with Crippen LogP contribution in [0, 0.1) is 12.7 Å². The first-order chi connectivity index (χ1) is 15.0. The molecule has 0 bridgehead atoms. The van der Waals surface area contributed by atoms with Gasteiger partial charge in [0, 0.05) is 34.7 Å². The Balaban J connectivity index is 2.12. The van der Waals surface area contributed by atoms with Crippen LogP contribution in [0.25, 0.3) is 11.1 Å². The lowest BCUT2D eigenvalue weighted by Gasteiger charge is -2.25.